The molecule has 0 aromatic rings. The largest absolute Gasteiger partial charge is 0.396 e. The van der Waals surface area contributed by atoms with E-state index in [2.05, 4.69) is 22.5 Å². The van der Waals surface area contributed by atoms with Crippen LogP contribution < -0.4 is 16.4 Å². The van der Waals surface area contributed by atoms with Crippen LogP contribution >= 0.6 is 0 Å². The lowest BCUT2D eigenvalue weighted by Crippen LogP contribution is -2.95. The number of hydrogen-bond acceptors (Lipinski definition) is 8. The lowest BCUT2D eigenvalue weighted by molar-refractivity contribution is -0.712. The molecule has 0 amide bonds. The predicted octanol–water partition coefficient (Wildman–Crippen LogP) is 4.24. The van der Waals surface area contributed by atoms with Crippen molar-refractivity contribution in [1.29, 1.82) is 0 Å². The van der Waals surface area contributed by atoms with E-state index in [1.807, 2.05) is 0 Å². The first-order valence-corrected chi connectivity index (χ1v) is 25.8. The van der Waals surface area contributed by atoms with Crippen LogP contribution in [0.1, 0.15) is 161 Å². The van der Waals surface area contributed by atoms with E-state index < -0.39 is 24.2 Å². The van der Waals surface area contributed by atoms with Crippen molar-refractivity contribution in [2.75, 3.05) is 26.8 Å². The summed E-state index contributed by atoms with van der Waals surface area (Å²) in [6.45, 7) is 2.27. The molecule has 0 aromatic carbocycles. The van der Waals surface area contributed by atoms with Gasteiger partial charge in [0.25, 0.3) is 0 Å². The number of hydrogen-bond donors (Lipinski definition) is 7. The van der Waals surface area contributed by atoms with E-state index in [1.165, 1.54) is 51.4 Å². The third kappa shape index (κ3) is 12.7. The topological polar surface area (TPSA) is 184 Å². The van der Waals surface area contributed by atoms with E-state index >= 15 is 0 Å². The molecule has 7 rings (SSSR count). The van der Waals surface area contributed by atoms with Gasteiger partial charge < -0.3 is 35.8 Å². The lowest BCUT2D eigenvalue weighted by atomic mass is 9.61. The average Bonchev–Trinajstić information content (AvgIpc) is 3.32. The number of rotatable bonds is 17. The van der Waals surface area contributed by atoms with Crippen LogP contribution in [0.5, 0.6) is 0 Å². The van der Waals surface area contributed by atoms with Crippen molar-refractivity contribution in [3.05, 3.63) is 0 Å². The second-order valence-electron chi connectivity index (χ2n) is 21.9. The molecule has 7 aliphatic rings. The van der Waals surface area contributed by atoms with E-state index in [9.17, 15) is 30.0 Å². The third-order valence-electron chi connectivity index (χ3n) is 18.2. The second kappa shape index (κ2) is 23.2. The zero-order chi connectivity index (χ0) is 42.9. The zero-order valence-electron chi connectivity index (χ0n) is 37.9. The number of aliphatic hydroxyl groups is 4. The van der Waals surface area contributed by atoms with Crippen LogP contribution in [-0.4, -0.2) is 95.4 Å². The van der Waals surface area contributed by atoms with E-state index in [1.54, 1.807) is 7.11 Å². The maximum Gasteiger partial charge on any atom is 0.150 e. The number of fused-ring (bicyclic) bond motifs is 3. The quantitative estimate of drug-likeness (QED) is 0.106. The molecule has 5 aliphatic carbocycles. The molecule has 0 radical (unpaired) electrons. The molecular formula is C51H87N3O7+2. The Hall–Kier alpha value is -1.42. The number of quaternary nitrogens is 2. The Labute approximate surface area is 368 Å². The summed E-state index contributed by atoms with van der Waals surface area (Å²) >= 11 is 0. The van der Waals surface area contributed by atoms with Crippen LogP contribution in [0.15, 0.2) is 0 Å². The molecule has 2 saturated heterocycles. The van der Waals surface area contributed by atoms with Crippen molar-refractivity contribution in [2.24, 2.45) is 76.7 Å². The molecule has 346 valence electrons. The van der Waals surface area contributed by atoms with Gasteiger partial charge in [0.05, 0.1) is 50.0 Å². The summed E-state index contributed by atoms with van der Waals surface area (Å²) in [6, 6.07) is 0.424. The van der Waals surface area contributed by atoms with Crippen molar-refractivity contribution in [3.63, 3.8) is 0 Å². The van der Waals surface area contributed by atoms with Gasteiger partial charge in [0, 0.05) is 50.7 Å². The van der Waals surface area contributed by atoms with Gasteiger partial charge in [0.2, 0.25) is 0 Å². The minimum absolute atomic E-state index is 0.0228. The molecule has 6 fully saturated rings. The molecule has 10 heteroatoms. The van der Waals surface area contributed by atoms with Gasteiger partial charge >= 0.3 is 0 Å². The molecule has 2 aliphatic heterocycles. The second-order valence-corrected chi connectivity index (χ2v) is 21.9. The Bertz CT molecular complexity index is 1450. The fourth-order valence-corrected chi connectivity index (χ4v) is 14.8. The highest BCUT2D eigenvalue weighted by Gasteiger charge is 2.44. The summed E-state index contributed by atoms with van der Waals surface area (Å²) in [6.07, 6.45) is 21.8. The standard InChI is InChI=1S/C51H85N3O7/c1-61-50-26-37-16-20-48(59)43(47(58)10-4-8-32(9-5-23-55)40-25-39-14-18-42(57)29-46(39)54-31-40)19-15-34(45(37)30-49(50)60)13-17-41(56)28-44(38-21-22-53-51(52)27-38)36-12-11-33-6-2-3-7-35(33)24-36/h32-41,43-47,49-51,53-56,58,60H,2-14,16-18,20-31,52H2,1H3/p+2/t32-,33?,34-,35?,36?,37?,38?,39+,40-,41+,43-,44+,45?,46-,47-,49?,50?,51?/m1/s1. The normalized spacial score (nSPS) is 40.4. The van der Waals surface area contributed by atoms with Crippen LogP contribution in [0.2, 0.25) is 0 Å². The van der Waals surface area contributed by atoms with Gasteiger partial charge in [-0.15, -0.1) is 0 Å². The predicted molar refractivity (Wildman–Crippen MR) is 236 cm³/mol. The highest BCUT2D eigenvalue weighted by Crippen LogP contribution is 2.49. The first-order chi connectivity index (χ1) is 29.6. The lowest BCUT2D eigenvalue weighted by Gasteiger charge is -2.45. The molecule has 10 nitrogen and oxygen atoms in total. The first-order valence-electron chi connectivity index (χ1n) is 25.8. The Morgan fingerprint density at radius 1 is 0.787 bits per heavy atom. The molecule has 0 bridgehead atoms. The summed E-state index contributed by atoms with van der Waals surface area (Å²) in [5, 5.41) is 49.4. The van der Waals surface area contributed by atoms with Crippen LogP contribution in [-0.2, 0) is 14.3 Å². The van der Waals surface area contributed by atoms with Gasteiger partial charge in [-0.05, 0) is 150 Å². The fraction of sp³-hybridized carbons (Fsp3) is 0.922. The number of carbonyl (C=O) groups is 2. The average molecular weight is 854 g/mol. The number of ether oxygens (including phenoxy) is 1. The molecule has 4 saturated carbocycles. The molecule has 9 unspecified atom stereocenters. The maximum atomic E-state index is 13.9. The summed E-state index contributed by atoms with van der Waals surface area (Å²) in [4.78, 5) is 26.1. The Balaban J connectivity index is 1.01. The fourth-order valence-electron chi connectivity index (χ4n) is 14.8. The Kier molecular flexibility index (Phi) is 18.0. The number of carbonyl (C=O) groups excluding carboxylic acids is 2. The smallest absolute Gasteiger partial charge is 0.150 e. The van der Waals surface area contributed by atoms with Crippen LogP contribution in [0.3, 0.4) is 0 Å². The minimum Gasteiger partial charge on any atom is -0.396 e. The van der Waals surface area contributed by atoms with E-state index in [0.29, 0.717) is 98.7 Å². The number of nitrogens with two attached hydrogens (primary N) is 3. The molecular weight excluding hydrogens is 767 g/mol. The third-order valence-corrected chi connectivity index (χ3v) is 18.2. The SMILES string of the molecule is COC1CC2CCC(=O)[C@@H]([C@H](O)CCC[C@H](CCCO)[C@H]3C[NH2+][C@@H]4CC(=O)CC[C@H]4C3)C#C[C@@H](CC[C@H](O)C[C@H](C3CC[NH2+]C(N)C3)C3CCC4CCCCC4C3)C2CC1O. The molecule has 61 heavy (non-hydrogen) atoms. The number of piperidine rings is 2. The summed E-state index contributed by atoms with van der Waals surface area (Å²) in [7, 11) is 1.67. The minimum atomic E-state index is -0.840. The van der Waals surface area contributed by atoms with Crippen molar-refractivity contribution in [1.82, 2.24) is 0 Å². The molecule has 10 N–H and O–H groups in total. The summed E-state index contributed by atoms with van der Waals surface area (Å²) in [5.41, 5.74) is 6.55. The van der Waals surface area contributed by atoms with Crippen molar-refractivity contribution < 1.29 is 45.4 Å². The van der Waals surface area contributed by atoms with E-state index in [0.717, 1.165) is 82.7 Å². The monoisotopic (exact) mass is 854 g/mol. The molecule has 0 spiro atoms. The van der Waals surface area contributed by atoms with Crippen molar-refractivity contribution >= 4 is 11.6 Å². The number of ketones is 2. The molecule has 0 aromatic heterocycles. The van der Waals surface area contributed by atoms with Gasteiger partial charge in [-0.25, -0.2) is 0 Å². The first kappa shape index (κ1) is 47.5. The van der Waals surface area contributed by atoms with Gasteiger partial charge in [-0.3, -0.25) is 15.3 Å². The highest BCUT2D eigenvalue weighted by molar-refractivity contribution is 5.84. The Morgan fingerprint density at radius 2 is 1.56 bits per heavy atom. The van der Waals surface area contributed by atoms with Crippen LogP contribution in [0.25, 0.3) is 0 Å². The van der Waals surface area contributed by atoms with Gasteiger partial charge in [-0.1, -0.05) is 43.9 Å². The van der Waals surface area contributed by atoms with E-state index in [-0.39, 0.29) is 42.4 Å². The van der Waals surface area contributed by atoms with Crippen molar-refractivity contribution in [2.45, 2.75) is 197 Å². The maximum absolute atomic E-state index is 13.9. The number of aliphatic hydroxyl groups excluding tert-OH is 4. The van der Waals surface area contributed by atoms with Crippen LogP contribution in [0, 0.1) is 82.9 Å². The summed E-state index contributed by atoms with van der Waals surface area (Å²) in [5.74, 6) is 11.9. The number of methoxy groups -OCH3 is 1. The summed E-state index contributed by atoms with van der Waals surface area (Å²) < 4.78 is 5.75. The highest BCUT2D eigenvalue weighted by atomic mass is 16.5. The van der Waals surface area contributed by atoms with Crippen LogP contribution in [0.4, 0.5) is 0 Å². The van der Waals surface area contributed by atoms with E-state index in [4.69, 9.17) is 10.5 Å². The number of Topliss-reactive ketones (excluding diaryl/α,β-unsaturated/α-hetero) is 2. The van der Waals surface area contributed by atoms with Gasteiger partial charge in [-0.2, -0.15) is 0 Å². The molecule has 18 atom stereocenters. The van der Waals surface area contributed by atoms with Gasteiger partial charge in [0.1, 0.15) is 23.7 Å². The van der Waals surface area contributed by atoms with Crippen molar-refractivity contribution in [3.8, 4) is 11.8 Å². The van der Waals surface area contributed by atoms with Gasteiger partial charge in [0.15, 0.2) is 0 Å². The zero-order valence-corrected chi connectivity index (χ0v) is 37.9. The molecule has 2 heterocycles. The Morgan fingerprint density at radius 3 is 2.36 bits per heavy atom.